The second-order valence-electron chi connectivity index (χ2n) is 6.62. The van der Waals surface area contributed by atoms with Crippen molar-refractivity contribution in [3.05, 3.63) is 53.6 Å². The Morgan fingerprint density at radius 1 is 1.33 bits per heavy atom. The first-order valence-corrected chi connectivity index (χ1v) is 7.87. The van der Waals surface area contributed by atoms with Gasteiger partial charge in [0.05, 0.1) is 0 Å². The molecule has 0 amide bonds. The zero-order valence-corrected chi connectivity index (χ0v) is 13.3. The van der Waals surface area contributed by atoms with Crippen LogP contribution in [0, 0.1) is 13.8 Å². The summed E-state index contributed by atoms with van der Waals surface area (Å²) in [6, 6.07) is 9.36. The molecule has 21 heavy (non-hydrogen) atoms. The number of hydrogen-bond acceptors (Lipinski definition) is 2. The molecule has 1 saturated carbocycles. The summed E-state index contributed by atoms with van der Waals surface area (Å²) in [6.07, 6.45) is 7.65. The van der Waals surface area contributed by atoms with Crippen molar-refractivity contribution in [2.24, 2.45) is 0 Å². The lowest BCUT2D eigenvalue weighted by Gasteiger charge is -2.24. The maximum absolute atomic E-state index is 4.29. The maximum Gasteiger partial charge on any atom is 0.105 e. The Kier molecular flexibility index (Phi) is 3.85. The van der Waals surface area contributed by atoms with Crippen molar-refractivity contribution < 1.29 is 0 Å². The normalized spacial score (nSPS) is 17.7. The van der Waals surface area contributed by atoms with Gasteiger partial charge in [0.2, 0.25) is 0 Å². The van der Waals surface area contributed by atoms with Gasteiger partial charge in [0.15, 0.2) is 0 Å². The van der Waals surface area contributed by atoms with E-state index < -0.39 is 0 Å². The van der Waals surface area contributed by atoms with Gasteiger partial charge in [-0.25, -0.2) is 4.98 Å². The number of nitrogens with one attached hydrogen (secondary N) is 1. The zero-order valence-electron chi connectivity index (χ0n) is 13.3. The SMILES string of the molecule is Cc1cccc(CC2(N[C@H](C)Cn3ccnc3C)CC2)c1. The van der Waals surface area contributed by atoms with Gasteiger partial charge in [0.25, 0.3) is 0 Å². The van der Waals surface area contributed by atoms with Gasteiger partial charge in [0.1, 0.15) is 5.82 Å². The average molecular weight is 283 g/mol. The number of aromatic nitrogens is 2. The molecule has 2 aromatic rings. The second kappa shape index (κ2) is 5.64. The fourth-order valence-corrected chi connectivity index (χ4v) is 3.20. The lowest BCUT2D eigenvalue weighted by Crippen LogP contribution is -2.42. The van der Waals surface area contributed by atoms with Gasteiger partial charge in [-0.15, -0.1) is 0 Å². The van der Waals surface area contributed by atoms with Crippen molar-refractivity contribution in [2.45, 2.75) is 58.2 Å². The van der Waals surface area contributed by atoms with Crippen molar-refractivity contribution >= 4 is 0 Å². The highest BCUT2D eigenvalue weighted by Crippen LogP contribution is 2.39. The molecule has 0 bridgehead atoms. The molecule has 0 radical (unpaired) electrons. The predicted octanol–water partition coefficient (Wildman–Crippen LogP) is 3.25. The maximum atomic E-state index is 4.29. The second-order valence-corrected chi connectivity index (χ2v) is 6.62. The Morgan fingerprint density at radius 3 is 2.76 bits per heavy atom. The highest BCUT2D eigenvalue weighted by Gasteiger charge is 2.43. The quantitative estimate of drug-likeness (QED) is 0.882. The minimum atomic E-state index is 0.321. The number of benzene rings is 1. The van der Waals surface area contributed by atoms with Crippen LogP contribution >= 0.6 is 0 Å². The Hall–Kier alpha value is -1.61. The summed E-state index contributed by atoms with van der Waals surface area (Å²) in [6.45, 7) is 7.49. The van der Waals surface area contributed by atoms with E-state index in [0.29, 0.717) is 11.6 Å². The molecule has 3 heteroatoms. The summed E-state index contributed by atoms with van der Waals surface area (Å²) in [5, 5.41) is 3.85. The van der Waals surface area contributed by atoms with E-state index in [2.05, 4.69) is 66.1 Å². The van der Waals surface area contributed by atoms with E-state index in [1.165, 1.54) is 24.0 Å². The topological polar surface area (TPSA) is 29.9 Å². The van der Waals surface area contributed by atoms with Crippen LogP contribution in [0.25, 0.3) is 0 Å². The molecular weight excluding hydrogens is 258 g/mol. The molecule has 0 aliphatic heterocycles. The van der Waals surface area contributed by atoms with E-state index >= 15 is 0 Å². The fraction of sp³-hybridized carbons (Fsp3) is 0.500. The highest BCUT2D eigenvalue weighted by molar-refractivity contribution is 5.26. The Labute approximate surface area is 127 Å². The fourth-order valence-electron chi connectivity index (χ4n) is 3.20. The molecule has 112 valence electrons. The molecule has 1 aliphatic carbocycles. The van der Waals surface area contributed by atoms with Crippen molar-refractivity contribution in [2.75, 3.05) is 0 Å². The van der Waals surface area contributed by atoms with Crippen LogP contribution < -0.4 is 5.32 Å². The zero-order chi connectivity index (χ0) is 14.9. The number of nitrogens with zero attached hydrogens (tertiary/aromatic N) is 2. The van der Waals surface area contributed by atoms with Crippen LogP contribution in [0.2, 0.25) is 0 Å². The highest BCUT2D eigenvalue weighted by atomic mass is 15.1. The Bertz CT molecular complexity index is 610. The summed E-state index contributed by atoms with van der Waals surface area (Å²) in [5.74, 6) is 1.09. The number of hydrogen-bond donors (Lipinski definition) is 1. The van der Waals surface area contributed by atoms with Crippen molar-refractivity contribution in [1.29, 1.82) is 0 Å². The lowest BCUT2D eigenvalue weighted by molar-refractivity contribution is 0.388. The molecule has 0 unspecified atom stereocenters. The minimum Gasteiger partial charge on any atom is -0.334 e. The molecule has 1 aliphatic rings. The molecule has 3 nitrogen and oxygen atoms in total. The Balaban J connectivity index is 1.60. The van der Waals surface area contributed by atoms with Crippen molar-refractivity contribution in [1.82, 2.24) is 14.9 Å². The van der Waals surface area contributed by atoms with E-state index in [4.69, 9.17) is 0 Å². The van der Waals surface area contributed by atoms with Crippen LogP contribution in [0.5, 0.6) is 0 Å². The third kappa shape index (κ3) is 3.53. The van der Waals surface area contributed by atoms with Crippen LogP contribution in [-0.4, -0.2) is 21.1 Å². The third-order valence-corrected chi connectivity index (χ3v) is 4.43. The number of imidazole rings is 1. The van der Waals surface area contributed by atoms with Gasteiger partial charge < -0.3 is 9.88 Å². The van der Waals surface area contributed by atoms with E-state index in [9.17, 15) is 0 Å². The first-order chi connectivity index (χ1) is 10.1. The van der Waals surface area contributed by atoms with E-state index in [0.717, 1.165) is 18.8 Å². The molecule has 0 spiro atoms. The van der Waals surface area contributed by atoms with E-state index in [1.54, 1.807) is 0 Å². The summed E-state index contributed by atoms with van der Waals surface area (Å²) in [7, 11) is 0. The molecule has 1 heterocycles. The van der Waals surface area contributed by atoms with Crippen LogP contribution in [0.4, 0.5) is 0 Å². The third-order valence-electron chi connectivity index (χ3n) is 4.43. The lowest BCUT2D eigenvalue weighted by atomic mass is 10.0. The van der Waals surface area contributed by atoms with Crippen LogP contribution in [0.15, 0.2) is 36.7 Å². The van der Waals surface area contributed by atoms with Gasteiger partial charge in [-0.05, 0) is 45.6 Å². The van der Waals surface area contributed by atoms with Gasteiger partial charge in [0, 0.05) is 30.5 Å². The molecule has 1 aromatic carbocycles. The first-order valence-electron chi connectivity index (χ1n) is 7.87. The largest absolute Gasteiger partial charge is 0.334 e. The standard InChI is InChI=1S/C18H25N3/c1-14-5-4-6-17(11-14)12-18(7-8-18)20-15(2)13-21-10-9-19-16(21)3/h4-6,9-11,15,20H,7-8,12-13H2,1-3H3/t15-/m1/s1. The van der Waals surface area contributed by atoms with Gasteiger partial charge in [-0.3, -0.25) is 0 Å². The summed E-state index contributed by atoms with van der Waals surface area (Å²) in [4.78, 5) is 4.29. The molecule has 1 atom stereocenters. The number of rotatable bonds is 6. The molecule has 3 rings (SSSR count). The van der Waals surface area contributed by atoms with Crippen molar-refractivity contribution in [3.8, 4) is 0 Å². The van der Waals surface area contributed by atoms with Gasteiger partial charge in [-0.1, -0.05) is 29.8 Å². The average Bonchev–Trinajstić information content (AvgIpc) is 3.04. The smallest absolute Gasteiger partial charge is 0.105 e. The van der Waals surface area contributed by atoms with Crippen LogP contribution in [-0.2, 0) is 13.0 Å². The summed E-state index contributed by atoms with van der Waals surface area (Å²) in [5.41, 5.74) is 3.12. The summed E-state index contributed by atoms with van der Waals surface area (Å²) >= 11 is 0. The monoisotopic (exact) mass is 283 g/mol. The van der Waals surface area contributed by atoms with Crippen LogP contribution in [0.3, 0.4) is 0 Å². The van der Waals surface area contributed by atoms with Crippen LogP contribution in [0.1, 0.15) is 36.7 Å². The molecular formula is C18H25N3. The first kappa shape index (κ1) is 14.3. The summed E-state index contributed by atoms with van der Waals surface area (Å²) < 4.78 is 2.22. The van der Waals surface area contributed by atoms with Gasteiger partial charge >= 0.3 is 0 Å². The Morgan fingerprint density at radius 2 is 2.14 bits per heavy atom. The van der Waals surface area contributed by atoms with E-state index in [-0.39, 0.29) is 0 Å². The molecule has 1 aromatic heterocycles. The number of aryl methyl sites for hydroxylation is 2. The van der Waals surface area contributed by atoms with Crippen molar-refractivity contribution in [3.63, 3.8) is 0 Å². The van der Waals surface area contributed by atoms with Gasteiger partial charge in [-0.2, -0.15) is 0 Å². The minimum absolute atomic E-state index is 0.321. The molecule has 1 fully saturated rings. The molecule has 0 saturated heterocycles. The predicted molar refractivity (Wildman–Crippen MR) is 86.4 cm³/mol. The molecule has 1 N–H and O–H groups in total. The van der Waals surface area contributed by atoms with E-state index in [1.807, 2.05) is 6.20 Å².